The molecule has 4 nitrogen and oxygen atoms in total. The number of halogens is 2. The molecule has 0 fully saturated rings. The predicted molar refractivity (Wildman–Crippen MR) is 86.9 cm³/mol. The maximum atomic E-state index is 13.6. The van der Waals surface area contributed by atoms with E-state index in [4.69, 9.17) is 10.5 Å². The Labute approximate surface area is 138 Å². The number of hydrogen-bond acceptors (Lipinski definition) is 3. The van der Waals surface area contributed by atoms with Crippen LogP contribution in [0.3, 0.4) is 0 Å². The largest absolute Gasteiger partial charge is 0.445 e. The van der Waals surface area contributed by atoms with Gasteiger partial charge < -0.3 is 15.8 Å². The molecule has 0 radical (unpaired) electrons. The Bertz CT molecular complexity index is 768. The highest BCUT2D eigenvalue weighted by Crippen LogP contribution is 2.17. The van der Waals surface area contributed by atoms with Crippen molar-refractivity contribution in [3.8, 4) is 11.8 Å². The zero-order chi connectivity index (χ0) is 17.4. The lowest BCUT2D eigenvalue weighted by Crippen LogP contribution is -2.24. The van der Waals surface area contributed by atoms with Gasteiger partial charge >= 0.3 is 6.09 Å². The highest BCUT2D eigenvalue weighted by atomic mass is 19.1. The monoisotopic (exact) mass is 330 g/mol. The fourth-order valence-electron chi connectivity index (χ4n) is 1.84. The van der Waals surface area contributed by atoms with Crippen molar-refractivity contribution in [2.75, 3.05) is 12.3 Å². The van der Waals surface area contributed by atoms with Crippen molar-refractivity contribution >= 4 is 11.8 Å². The first-order valence-electron chi connectivity index (χ1n) is 7.25. The second-order valence-corrected chi connectivity index (χ2v) is 4.87. The highest BCUT2D eigenvalue weighted by Gasteiger charge is 2.09. The number of carbonyl (C=O) groups is 1. The number of hydrogen-bond donors (Lipinski definition) is 2. The summed E-state index contributed by atoms with van der Waals surface area (Å²) in [7, 11) is 0. The maximum absolute atomic E-state index is 13.6. The summed E-state index contributed by atoms with van der Waals surface area (Å²) in [4.78, 5) is 11.5. The van der Waals surface area contributed by atoms with Crippen LogP contribution in [0.2, 0.25) is 0 Å². The highest BCUT2D eigenvalue weighted by molar-refractivity contribution is 5.67. The van der Waals surface area contributed by atoms with Crippen LogP contribution in [0.15, 0.2) is 42.5 Å². The van der Waals surface area contributed by atoms with Crippen LogP contribution in [0.4, 0.5) is 19.3 Å². The molecular weight excluding hydrogens is 314 g/mol. The fourth-order valence-corrected chi connectivity index (χ4v) is 1.84. The van der Waals surface area contributed by atoms with Crippen molar-refractivity contribution < 1.29 is 18.3 Å². The summed E-state index contributed by atoms with van der Waals surface area (Å²) in [6, 6.07) is 11.4. The number of benzene rings is 2. The number of nitrogens with one attached hydrogen (secondary N) is 1. The van der Waals surface area contributed by atoms with Crippen molar-refractivity contribution in [1.82, 2.24) is 5.32 Å². The van der Waals surface area contributed by atoms with Crippen LogP contribution >= 0.6 is 0 Å². The molecule has 0 heterocycles. The Hall–Kier alpha value is -3.07. The van der Waals surface area contributed by atoms with Crippen LogP contribution in [0.1, 0.15) is 17.5 Å². The Morgan fingerprint density at radius 2 is 1.92 bits per heavy atom. The van der Waals surface area contributed by atoms with Crippen LogP contribution < -0.4 is 11.1 Å². The third-order valence-corrected chi connectivity index (χ3v) is 3.07. The van der Waals surface area contributed by atoms with Gasteiger partial charge in [0.05, 0.1) is 11.3 Å². The predicted octanol–water partition coefficient (Wildman–Crippen LogP) is 3.22. The van der Waals surface area contributed by atoms with E-state index < -0.39 is 17.7 Å². The van der Waals surface area contributed by atoms with E-state index >= 15 is 0 Å². The Balaban J connectivity index is 1.76. The number of nitrogen functional groups attached to an aromatic ring is 1. The zero-order valence-corrected chi connectivity index (χ0v) is 12.8. The van der Waals surface area contributed by atoms with Gasteiger partial charge in [0.2, 0.25) is 0 Å². The molecule has 0 aliphatic heterocycles. The van der Waals surface area contributed by atoms with E-state index in [0.29, 0.717) is 0 Å². The summed E-state index contributed by atoms with van der Waals surface area (Å²) in [5.74, 6) is 3.31. The fraction of sp³-hybridized carbons (Fsp3) is 0.167. The molecule has 0 aliphatic rings. The summed E-state index contributed by atoms with van der Waals surface area (Å²) in [5.41, 5.74) is 5.70. The molecule has 0 aromatic heterocycles. The topological polar surface area (TPSA) is 64.3 Å². The molecule has 0 aliphatic carbocycles. The molecular formula is C18H16F2N2O2. The molecule has 124 valence electrons. The summed E-state index contributed by atoms with van der Waals surface area (Å²) in [5, 5.41) is 2.50. The van der Waals surface area contributed by atoms with Gasteiger partial charge in [-0.3, -0.25) is 0 Å². The van der Waals surface area contributed by atoms with Gasteiger partial charge in [-0.25, -0.2) is 13.6 Å². The molecule has 0 bridgehead atoms. The molecule has 0 spiro atoms. The van der Waals surface area contributed by atoms with Gasteiger partial charge in [0.1, 0.15) is 12.4 Å². The number of rotatable bonds is 4. The lowest BCUT2D eigenvalue weighted by atomic mass is 10.1. The quantitative estimate of drug-likeness (QED) is 0.514. The molecule has 1 amide bonds. The standard InChI is InChI=1S/C18H16F2N2O2/c19-15-9-10-16(21)17(20)14(15)8-4-5-11-22-18(23)24-12-13-6-2-1-3-7-13/h1-3,6-7,9-10H,5,11-12,21H2,(H,22,23). The van der Waals surface area contributed by atoms with Gasteiger partial charge in [0.25, 0.3) is 0 Å². The third-order valence-electron chi connectivity index (χ3n) is 3.07. The lowest BCUT2D eigenvalue weighted by molar-refractivity contribution is 0.140. The third kappa shape index (κ3) is 4.99. The molecule has 24 heavy (non-hydrogen) atoms. The van der Waals surface area contributed by atoms with E-state index in [0.717, 1.165) is 17.7 Å². The van der Waals surface area contributed by atoms with Gasteiger partial charge in [-0.2, -0.15) is 0 Å². The van der Waals surface area contributed by atoms with Crippen LogP contribution in [-0.4, -0.2) is 12.6 Å². The van der Waals surface area contributed by atoms with E-state index in [1.807, 2.05) is 30.3 Å². The average Bonchev–Trinajstić information content (AvgIpc) is 2.60. The van der Waals surface area contributed by atoms with E-state index in [1.54, 1.807) is 0 Å². The zero-order valence-electron chi connectivity index (χ0n) is 12.8. The smallest absolute Gasteiger partial charge is 0.407 e. The SMILES string of the molecule is Nc1ccc(F)c(C#CCCNC(=O)OCc2ccccc2)c1F. The number of anilines is 1. The summed E-state index contributed by atoms with van der Waals surface area (Å²) in [6.45, 7) is 0.365. The van der Waals surface area contributed by atoms with E-state index in [1.165, 1.54) is 0 Å². The summed E-state index contributed by atoms with van der Waals surface area (Å²) < 4.78 is 32.1. The molecule has 0 atom stereocenters. The number of carbonyl (C=O) groups excluding carboxylic acids is 1. The second kappa shape index (κ2) is 8.53. The maximum Gasteiger partial charge on any atom is 0.407 e. The van der Waals surface area contributed by atoms with Crippen molar-refractivity contribution in [2.24, 2.45) is 0 Å². The van der Waals surface area contributed by atoms with Gasteiger partial charge in [-0.05, 0) is 17.7 Å². The Kier molecular flexibility index (Phi) is 6.15. The van der Waals surface area contributed by atoms with Crippen LogP contribution in [-0.2, 0) is 11.3 Å². The van der Waals surface area contributed by atoms with Crippen LogP contribution in [0, 0.1) is 23.5 Å². The minimum absolute atomic E-state index is 0.164. The molecule has 3 N–H and O–H groups in total. The normalized spacial score (nSPS) is 9.75. The number of ether oxygens (including phenoxy) is 1. The van der Waals surface area contributed by atoms with E-state index in [2.05, 4.69) is 17.2 Å². The van der Waals surface area contributed by atoms with Crippen LogP contribution in [0.25, 0.3) is 0 Å². The van der Waals surface area contributed by atoms with Gasteiger partial charge in [0, 0.05) is 13.0 Å². The number of alkyl carbamates (subject to hydrolysis) is 1. The van der Waals surface area contributed by atoms with Gasteiger partial charge in [-0.1, -0.05) is 42.2 Å². The Morgan fingerprint density at radius 1 is 1.17 bits per heavy atom. The molecule has 0 saturated heterocycles. The van der Waals surface area contributed by atoms with Crippen LogP contribution in [0.5, 0.6) is 0 Å². The second-order valence-electron chi connectivity index (χ2n) is 4.87. The summed E-state index contributed by atoms with van der Waals surface area (Å²) >= 11 is 0. The number of amides is 1. The molecule has 0 unspecified atom stereocenters. The minimum Gasteiger partial charge on any atom is -0.445 e. The van der Waals surface area contributed by atoms with E-state index in [9.17, 15) is 13.6 Å². The molecule has 2 aromatic rings. The first-order chi connectivity index (χ1) is 11.6. The Morgan fingerprint density at radius 3 is 2.67 bits per heavy atom. The first-order valence-corrected chi connectivity index (χ1v) is 7.25. The van der Waals surface area contributed by atoms with E-state index in [-0.39, 0.29) is 30.8 Å². The minimum atomic E-state index is -0.877. The van der Waals surface area contributed by atoms with Gasteiger partial charge in [0.15, 0.2) is 5.82 Å². The molecule has 2 rings (SSSR count). The van der Waals surface area contributed by atoms with Crippen molar-refractivity contribution in [3.05, 3.63) is 65.2 Å². The molecule has 0 saturated carbocycles. The van der Waals surface area contributed by atoms with Crippen molar-refractivity contribution in [2.45, 2.75) is 13.0 Å². The molecule has 2 aromatic carbocycles. The van der Waals surface area contributed by atoms with Crippen molar-refractivity contribution in [3.63, 3.8) is 0 Å². The lowest BCUT2D eigenvalue weighted by Gasteiger charge is -2.05. The average molecular weight is 330 g/mol. The first kappa shape index (κ1) is 17.3. The van der Waals surface area contributed by atoms with Crippen molar-refractivity contribution in [1.29, 1.82) is 0 Å². The number of nitrogens with two attached hydrogens (primary N) is 1. The van der Waals surface area contributed by atoms with Gasteiger partial charge in [-0.15, -0.1) is 0 Å². The summed E-state index contributed by atoms with van der Waals surface area (Å²) in [6.07, 6.45) is -0.365. The molecule has 6 heteroatoms.